The maximum atomic E-state index is 11.9. The molecule has 1 saturated heterocycles. The third-order valence-corrected chi connectivity index (χ3v) is 3.57. The molecule has 1 aliphatic rings. The van der Waals surface area contributed by atoms with Gasteiger partial charge in [-0.15, -0.1) is 12.4 Å². The van der Waals surface area contributed by atoms with Crippen LogP contribution in [0.2, 0.25) is 0 Å². The normalized spacial score (nSPS) is 18.0. The van der Waals surface area contributed by atoms with E-state index in [1.165, 1.54) is 5.56 Å². The molecule has 0 saturated carbocycles. The molecule has 1 amide bonds. The summed E-state index contributed by atoms with van der Waals surface area (Å²) in [5.74, 6) is 0.791. The van der Waals surface area contributed by atoms with Gasteiger partial charge in [-0.25, -0.2) is 0 Å². The lowest BCUT2D eigenvalue weighted by molar-refractivity contribution is -0.134. The SMILES string of the molecule is CC(C)(C)c1ccccc1OCCNC(=O)C1CNCCO1.Cl. The smallest absolute Gasteiger partial charge is 0.250 e. The van der Waals surface area contributed by atoms with Gasteiger partial charge in [0.1, 0.15) is 18.5 Å². The zero-order valence-corrected chi connectivity index (χ0v) is 14.9. The zero-order valence-electron chi connectivity index (χ0n) is 14.1. The van der Waals surface area contributed by atoms with Gasteiger partial charge in [0.2, 0.25) is 0 Å². The summed E-state index contributed by atoms with van der Waals surface area (Å²) in [6.45, 7) is 9.33. The van der Waals surface area contributed by atoms with Crippen molar-refractivity contribution in [3.05, 3.63) is 29.8 Å². The molecule has 1 atom stereocenters. The van der Waals surface area contributed by atoms with Crippen LogP contribution in [-0.4, -0.2) is 44.9 Å². The maximum absolute atomic E-state index is 11.9. The summed E-state index contributed by atoms with van der Waals surface area (Å²) in [6.07, 6.45) is -0.393. The molecule has 0 spiro atoms. The fourth-order valence-electron chi connectivity index (χ4n) is 2.39. The van der Waals surface area contributed by atoms with Crippen molar-refractivity contribution in [1.29, 1.82) is 0 Å². The van der Waals surface area contributed by atoms with Gasteiger partial charge in [-0.3, -0.25) is 4.79 Å². The number of carbonyl (C=O) groups excluding carboxylic acids is 1. The third-order valence-electron chi connectivity index (χ3n) is 3.57. The van der Waals surface area contributed by atoms with Crippen molar-refractivity contribution in [1.82, 2.24) is 10.6 Å². The number of hydrogen-bond acceptors (Lipinski definition) is 4. The first-order valence-corrected chi connectivity index (χ1v) is 7.81. The molecule has 23 heavy (non-hydrogen) atoms. The van der Waals surface area contributed by atoms with Crippen molar-refractivity contribution in [2.24, 2.45) is 0 Å². The van der Waals surface area contributed by atoms with Crippen molar-refractivity contribution >= 4 is 18.3 Å². The maximum Gasteiger partial charge on any atom is 0.250 e. The number of hydrogen-bond donors (Lipinski definition) is 2. The fourth-order valence-corrected chi connectivity index (χ4v) is 2.39. The van der Waals surface area contributed by atoms with E-state index in [4.69, 9.17) is 9.47 Å². The average molecular weight is 343 g/mol. The van der Waals surface area contributed by atoms with E-state index in [1.54, 1.807) is 0 Å². The van der Waals surface area contributed by atoms with Crippen LogP contribution < -0.4 is 15.4 Å². The highest BCUT2D eigenvalue weighted by Gasteiger charge is 2.21. The summed E-state index contributed by atoms with van der Waals surface area (Å²) in [7, 11) is 0. The van der Waals surface area contributed by atoms with Crippen LogP contribution in [0.1, 0.15) is 26.3 Å². The lowest BCUT2D eigenvalue weighted by Gasteiger charge is -2.24. The number of ether oxygens (including phenoxy) is 2. The average Bonchev–Trinajstić information content (AvgIpc) is 2.51. The van der Waals surface area contributed by atoms with Crippen LogP contribution >= 0.6 is 12.4 Å². The van der Waals surface area contributed by atoms with E-state index in [2.05, 4.69) is 37.5 Å². The van der Waals surface area contributed by atoms with Crippen molar-refractivity contribution in [2.45, 2.75) is 32.3 Å². The molecule has 1 aliphatic heterocycles. The minimum Gasteiger partial charge on any atom is -0.491 e. The van der Waals surface area contributed by atoms with E-state index in [9.17, 15) is 4.79 Å². The van der Waals surface area contributed by atoms with Crippen LogP contribution in [0.5, 0.6) is 5.75 Å². The van der Waals surface area contributed by atoms with Crippen LogP contribution in [0.25, 0.3) is 0 Å². The lowest BCUT2D eigenvalue weighted by atomic mass is 9.86. The third kappa shape index (κ3) is 6.01. The first kappa shape index (κ1) is 19.7. The van der Waals surface area contributed by atoms with Gasteiger partial charge in [0.25, 0.3) is 5.91 Å². The van der Waals surface area contributed by atoms with Gasteiger partial charge in [0.15, 0.2) is 0 Å². The molecule has 0 aromatic heterocycles. The van der Waals surface area contributed by atoms with E-state index in [-0.39, 0.29) is 23.7 Å². The molecule has 130 valence electrons. The summed E-state index contributed by atoms with van der Waals surface area (Å²) in [4.78, 5) is 11.9. The van der Waals surface area contributed by atoms with Crippen LogP contribution in [0.15, 0.2) is 24.3 Å². The van der Waals surface area contributed by atoms with Gasteiger partial charge in [0, 0.05) is 13.1 Å². The van der Waals surface area contributed by atoms with Gasteiger partial charge >= 0.3 is 0 Å². The number of morpholine rings is 1. The number of rotatable bonds is 5. The first-order chi connectivity index (χ1) is 10.5. The molecule has 6 heteroatoms. The Morgan fingerprint density at radius 2 is 2.13 bits per heavy atom. The molecule has 5 nitrogen and oxygen atoms in total. The molecule has 0 radical (unpaired) electrons. The summed E-state index contributed by atoms with van der Waals surface area (Å²) < 4.78 is 11.2. The van der Waals surface area contributed by atoms with Gasteiger partial charge < -0.3 is 20.1 Å². The van der Waals surface area contributed by atoms with Crippen LogP contribution in [-0.2, 0) is 14.9 Å². The predicted octanol–water partition coefficient (Wildman–Crippen LogP) is 1.89. The number of amides is 1. The highest BCUT2D eigenvalue weighted by atomic mass is 35.5. The minimum atomic E-state index is -0.393. The second kappa shape index (κ2) is 9.11. The number of para-hydroxylation sites is 1. The van der Waals surface area contributed by atoms with E-state index in [1.807, 2.05) is 18.2 Å². The Balaban J connectivity index is 0.00000264. The molecule has 1 aromatic rings. The van der Waals surface area contributed by atoms with Gasteiger partial charge in [-0.1, -0.05) is 39.0 Å². The highest BCUT2D eigenvalue weighted by Crippen LogP contribution is 2.30. The first-order valence-electron chi connectivity index (χ1n) is 7.81. The van der Waals surface area contributed by atoms with Crippen molar-refractivity contribution in [2.75, 3.05) is 32.8 Å². The Labute approximate surface area is 144 Å². The standard InChI is InChI=1S/C17H26N2O3.ClH/c1-17(2,3)13-6-4-5-7-14(13)21-11-9-19-16(20)15-12-18-8-10-22-15;/h4-7,15,18H,8-12H2,1-3H3,(H,19,20);1H. The number of carbonyl (C=O) groups is 1. The molecule has 1 fully saturated rings. The van der Waals surface area contributed by atoms with Gasteiger partial charge in [-0.05, 0) is 17.0 Å². The molecular formula is C17H27ClN2O3. The quantitative estimate of drug-likeness (QED) is 0.802. The summed E-state index contributed by atoms with van der Waals surface area (Å²) in [5, 5.41) is 5.99. The second-order valence-corrected chi connectivity index (χ2v) is 6.45. The number of benzene rings is 1. The van der Waals surface area contributed by atoms with Crippen molar-refractivity contribution in [3.8, 4) is 5.75 Å². The summed E-state index contributed by atoms with van der Waals surface area (Å²) in [6, 6.07) is 8.03. The number of nitrogens with one attached hydrogen (secondary N) is 2. The largest absolute Gasteiger partial charge is 0.491 e. The molecule has 1 aromatic carbocycles. The molecule has 2 N–H and O–H groups in total. The van der Waals surface area contributed by atoms with Crippen LogP contribution in [0, 0.1) is 0 Å². The Kier molecular flexibility index (Phi) is 7.82. The molecule has 2 rings (SSSR count). The van der Waals surface area contributed by atoms with Crippen LogP contribution in [0.3, 0.4) is 0 Å². The molecule has 1 unspecified atom stereocenters. The Morgan fingerprint density at radius 1 is 1.39 bits per heavy atom. The molecule has 1 heterocycles. The van der Waals surface area contributed by atoms with E-state index >= 15 is 0 Å². The Morgan fingerprint density at radius 3 is 2.78 bits per heavy atom. The lowest BCUT2D eigenvalue weighted by Crippen LogP contribution is -2.48. The van der Waals surface area contributed by atoms with Gasteiger partial charge in [-0.2, -0.15) is 0 Å². The molecule has 0 aliphatic carbocycles. The van der Waals surface area contributed by atoms with E-state index < -0.39 is 6.10 Å². The van der Waals surface area contributed by atoms with Gasteiger partial charge in [0.05, 0.1) is 13.2 Å². The zero-order chi connectivity index (χ0) is 16.0. The predicted molar refractivity (Wildman–Crippen MR) is 93.5 cm³/mol. The number of halogens is 1. The van der Waals surface area contributed by atoms with E-state index in [0.29, 0.717) is 26.3 Å². The summed E-state index contributed by atoms with van der Waals surface area (Å²) >= 11 is 0. The molecule has 0 bridgehead atoms. The Hall–Kier alpha value is -1.30. The van der Waals surface area contributed by atoms with Crippen molar-refractivity contribution in [3.63, 3.8) is 0 Å². The van der Waals surface area contributed by atoms with Crippen molar-refractivity contribution < 1.29 is 14.3 Å². The van der Waals surface area contributed by atoms with E-state index in [0.717, 1.165) is 12.3 Å². The Bertz CT molecular complexity index is 497. The molecular weight excluding hydrogens is 316 g/mol. The topological polar surface area (TPSA) is 59.6 Å². The second-order valence-electron chi connectivity index (χ2n) is 6.45. The minimum absolute atomic E-state index is 0. The fraction of sp³-hybridized carbons (Fsp3) is 0.588. The summed E-state index contributed by atoms with van der Waals surface area (Å²) in [5.41, 5.74) is 1.20. The van der Waals surface area contributed by atoms with Crippen LogP contribution in [0.4, 0.5) is 0 Å². The highest BCUT2D eigenvalue weighted by molar-refractivity contribution is 5.85. The monoisotopic (exact) mass is 342 g/mol.